The van der Waals surface area contributed by atoms with E-state index in [1.807, 2.05) is 6.07 Å². The first kappa shape index (κ1) is 16.4. The number of sulfonamides is 1. The van der Waals surface area contributed by atoms with Crippen molar-refractivity contribution in [3.63, 3.8) is 0 Å². The second-order valence-electron chi connectivity index (χ2n) is 4.17. The van der Waals surface area contributed by atoms with Crippen LogP contribution in [0.15, 0.2) is 50.4 Å². The van der Waals surface area contributed by atoms with E-state index in [2.05, 4.69) is 46.9 Å². The van der Waals surface area contributed by atoms with Crippen molar-refractivity contribution in [3.05, 3.63) is 51.2 Å². The van der Waals surface area contributed by atoms with E-state index < -0.39 is 10.0 Å². The van der Waals surface area contributed by atoms with Gasteiger partial charge in [0.2, 0.25) is 10.0 Å². The van der Waals surface area contributed by atoms with Gasteiger partial charge in [-0.15, -0.1) is 0 Å². The zero-order valence-electron chi connectivity index (χ0n) is 11.1. The molecule has 0 fully saturated rings. The van der Waals surface area contributed by atoms with Crippen molar-refractivity contribution >= 4 is 47.6 Å². The average molecular weight is 435 g/mol. The van der Waals surface area contributed by atoms with Crippen LogP contribution in [0.1, 0.15) is 5.69 Å². The smallest absolute Gasteiger partial charge is 0.240 e. The maximum absolute atomic E-state index is 11.8. The van der Waals surface area contributed by atoms with Crippen LogP contribution in [-0.4, -0.2) is 20.4 Å². The van der Waals surface area contributed by atoms with Crippen LogP contribution in [0.25, 0.3) is 0 Å². The van der Waals surface area contributed by atoms with E-state index in [1.165, 1.54) is 7.05 Å². The van der Waals surface area contributed by atoms with Crippen LogP contribution in [-0.2, 0) is 16.6 Å². The molecule has 0 atom stereocenters. The number of nitrogens with zero attached hydrogens (tertiary/aromatic N) is 1. The molecule has 2 N–H and O–H groups in total. The Morgan fingerprint density at radius 2 is 2.00 bits per heavy atom. The minimum atomic E-state index is -3.44. The largest absolute Gasteiger partial charge is 0.379 e. The summed E-state index contributed by atoms with van der Waals surface area (Å²) in [7, 11) is -2.05. The molecule has 5 nitrogen and oxygen atoms in total. The molecule has 0 saturated carbocycles. The molecule has 0 radical (unpaired) electrons. The predicted molar refractivity (Wildman–Crippen MR) is 89.7 cm³/mol. The number of aromatic nitrogens is 1. The zero-order chi connectivity index (χ0) is 15.5. The summed E-state index contributed by atoms with van der Waals surface area (Å²) < 4.78 is 27.6. The van der Waals surface area contributed by atoms with E-state index >= 15 is 0 Å². The third kappa shape index (κ3) is 4.26. The maximum atomic E-state index is 11.8. The fourth-order valence-corrected chi connectivity index (χ4v) is 3.55. The molecule has 112 valence electrons. The third-order valence-electron chi connectivity index (χ3n) is 2.76. The van der Waals surface area contributed by atoms with Gasteiger partial charge in [-0.2, -0.15) is 0 Å². The Morgan fingerprint density at radius 1 is 1.24 bits per heavy atom. The van der Waals surface area contributed by atoms with Crippen LogP contribution in [0.5, 0.6) is 0 Å². The number of rotatable bonds is 5. The van der Waals surface area contributed by atoms with Crippen LogP contribution in [0.3, 0.4) is 0 Å². The quantitative estimate of drug-likeness (QED) is 0.758. The van der Waals surface area contributed by atoms with Crippen LogP contribution >= 0.6 is 31.9 Å². The first-order valence-corrected chi connectivity index (χ1v) is 9.07. The molecule has 2 aromatic rings. The van der Waals surface area contributed by atoms with E-state index in [0.29, 0.717) is 12.2 Å². The highest BCUT2D eigenvalue weighted by molar-refractivity contribution is 9.11. The lowest BCUT2D eigenvalue weighted by Gasteiger charge is -2.09. The van der Waals surface area contributed by atoms with E-state index in [1.54, 1.807) is 30.5 Å². The van der Waals surface area contributed by atoms with Gasteiger partial charge in [-0.3, -0.25) is 4.98 Å². The average Bonchev–Trinajstić information content (AvgIpc) is 2.46. The Morgan fingerprint density at radius 3 is 2.67 bits per heavy atom. The number of pyridine rings is 1. The normalized spacial score (nSPS) is 11.4. The van der Waals surface area contributed by atoms with Crippen molar-refractivity contribution in [1.29, 1.82) is 0 Å². The standard InChI is InChI=1S/C13H13Br2N3O2S/c1-16-21(19,20)11-4-2-3-10(6-11)17-8-13-12(15)5-9(14)7-18-13/h2-7,16-17H,8H2,1H3. The Labute approximate surface area is 140 Å². The molecule has 2 rings (SSSR count). The Bertz CT molecular complexity index is 751. The monoisotopic (exact) mass is 433 g/mol. The number of hydrogen-bond acceptors (Lipinski definition) is 4. The Kier molecular flexibility index (Phi) is 5.37. The number of nitrogens with one attached hydrogen (secondary N) is 2. The second kappa shape index (κ2) is 6.87. The highest BCUT2D eigenvalue weighted by atomic mass is 79.9. The summed E-state index contributed by atoms with van der Waals surface area (Å²) in [6, 6.07) is 8.54. The SMILES string of the molecule is CNS(=O)(=O)c1cccc(NCc2ncc(Br)cc2Br)c1. The summed E-state index contributed by atoms with van der Waals surface area (Å²) in [5.74, 6) is 0. The lowest BCUT2D eigenvalue weighted by atomic mass is 10.3. The van der Waals surface area contributed by atoms with Crippen molar-refractivity contribution in [2.45, 2.75) is 11.4 Å². The Balaban J connectivity index is 2.16. The molecule has 0 unspecified atom stereocenters. The van der Waals surface area contributed by atoms with Crippen molar-refractivity contribution in [2.75, 3.05) is 12.4 Å². The van der Waals surface area contributed by atoms with Gasteiger partial charge in [0.15, 0.2) is 0 Å². The van der Waals surface area contributed by atoms with Crippen molar-refractivity contribution < 1.29 is 8.42 Å². The van der Waals surface area contributed by atoms with Crippen molar-refractivity contribution in [2.24, 2.45) is 0 Å². The van der Waals surface area contributed by atoms with Gasteiger partial charge in [0.05, 0.1) is 17.1 Å². The number of halogens is 2. The topological polar surface area (TPSA) is 71.1 Å². The third-order valence-corrected chi connectivity index (χ3v) is 5.29. The molecule has 0 bridgehead atoms. The molecule has 0 spiro atoms. The van der Waals surface area contributed by atoms with E-state index in [-0.39, 0.29) is 4.90 Å². The molecular weight excluding hydrogens is 422 g/mol. The lowest BCUT2D eigenvalue weighted by Crippen LogP contribution is -2.18. The van der Waals surface area contributed by atoms with E-state index in [4.69, 9.17) is 0 Å². The summed E-state index contributed by atoms with van der Waals surface area (Å²) in [5, 5.41) is 3.16. The Hall–Kier alpha value is -0.960. The van der Waals surface area contributed by atoms with Gasteiger partial charge in [0.25, 0.3) is 0 Å². The summed E-state index contributed by atoms with van der Waals surface area (Å²) in [5.41, 5.74) is 1.54. The summed E-state index contributed by atoms with van der Waals surface area (Å²) in [4.78, 5) is 4.51. The first-order chi connectivity index (χ1) is 9.92. The van der Waals surface area contributed by atoms with Gasteiger partial charge in [0, 0.05) is 20.8 Å². The van der Waals surface area contributed by atoms with E-state index in [0.717, 1.165) is 14.6 Å². The number of hydrogen-bond donors (Lipinski definition) is 2. The summed E-state index contributed by atoms with van der Waals surface area (Å²) in [6.45, 7) is 0.483. The highest BCUT2D eigenvalue weighted by Gasteiger charge is 2.11. The summed E-state index contributed by atoms with van der Waals surface area (Å²) in [6.07, 6.45) is 1.71. The maximum Gasteiger partial charge on any atom is 0.240 e. The molecule has 8 heteroatoms. The molecule has 21 heavy (non-hydrogen) atoms. The van der Waals surface area contributed by atoms with Crippen LogP contribution < -0.4 is 10.0 Å². The van der Waals surface area contributed by atoms with Gasteiger partial charge in [-0.05, 0) is 63.2 Å². The minimum absolute atomic E-state index is 0.220. The molecule has 0 aliphatic rings. The number of anilines is 1. The minimum Gasteiger partial charge on any atom is -0.379 e. The van der Waals surface area contributed by atoms with Gasteiger partial charge in [-0.25, -0.2) is 13.1 Å². The fraction of sp³-hybridized carbons (Fsp3) is 0.154. The predicted octanol–water partition coefficient (Wildman–Crippen LogP) is 3.13. The number of benzene rings is 1. The van der Waals surface area contributed by atoms with Gasteiger partial charge >= 0.3 is 0 Å². The van der Waals surface area contributed by atoms with Gasteiger partial charge in [-0.1, -0.05) is 6.07 Å². The highest BCUT2D eigenvalue weighted by Crippen LogP contribution is 2.21. The van der Waals surface area contributed by atoms with Gasteiger partial charge in [0.1, 0.15) is 0 Å². The van der Waals surface area contributed by atoms with Crippen LogP contribution in [0.2, 0.25) is 0 Å². The molecule has 0 aliphatic carbocycles. The van der Waals surface area contributed by atoms with Crippen molar-refractivity contribution in [3.8, 4) is 0 Å². The molecule has 0 saturated heterocycles. The molecular formula is C13H13Br2N3O2S. The lowest BCUT2D eigenvalue weighted by molar-refractivity contribution is 0.588. The van der Waals surface area contributed by atoms with Gasteiger partial charge < -0.3 is 5.32 Å². The second-order valence-corrected chi connectivity index (χ2v) is 7.83. The first-order valence-electron chi connectivity index (χ1n) is 6.00. The zero-order valence-corrected chi connectivity index (χ0v) is 15.1. The fourth-order valence-electron chi connectivity index (χ4n) is 1.65. The molecule has 1 heterocycles. The molecule has 1 aromatic heterocycles. The van der Waals surface area contributed by atoms with Crippen LogP contribution in [0.4, 0.5) is 5.69 Å². The summed E-state index contributed by atoms with van der Waals surface area (Å²) >= 11 is 6.78. The van der Waals surface area contributed by atoms with Crippen molar-refractivity contribution in [1.82, 2.24) is 9.71 Å². The molecule has 1 aromatic carbocycles. The van der Waals surface area contributed by atoms with E-state index in [9.17, 15) is 8.42 Å². The molecule has 0 amide bonds. The molecule has 0 aliphatic heterocycles. The van der Waals surface area contributed by atoms with Crippen LogP contribution in [0, 0.1) is 0 Å².